The Kier molecular flexibility index (Phi) is 5.46. The summed E-state index contributed by atoms with van der Waals surface area (Å²) >= 11 is 0. The SMILES string of the molecule is COC(=O)CC[C@H]1CN(c2cc(F)c(N3C4CCC3CS(=O)C4)c(F)c2)C(=O)O1. The van der Waals surface area contributed by atoms with Crippen LogP contribution in [0.5, 0.6) is 0 Å². The number of methoxy groups -OCH3 is 1. The van der Waals surface area contributed by atoms with E-state index in [1.54, 1.807) is 4.90 Å². The molecule has 3 atom stereocenters. The van der Waals surface area contributed by atoms with Crippen molar-refractivity contribution in [3.63, 3.8) is 0 Å². The van der Waals surface area contributed by atoms with Gasteiger partial charge >= 0.3 is 12.1 Å². The van der Waals surface area contributed by atoms with Crippen molar-refractivity contribution >= 4 is 34.2 Å². The molecule has 3 fully saturated rings. The lowest BCUT2D eigenvalue weighted by Crippen LogP contribution is -2.48. The number of benzene rings is 1. The van der Waals surface area contributed by atoms with Crippen LogP contribution in [0.15, 0.2) is 12.1 Å². The van der Waals surface area contributed by atoms with Crippen molar-refractivity contribution in [2.45, 2.75) is 43.9 Å². The molecular formula is C19H22F2N2O5S. The number of carbonyl (C=O) groups is 2. The van der Waals surface area contributed by atoms with Gasteiger partial charge in [-0.1, -0.05) is 0 Å². The third-order valence-corrected chi connectivity index (χ3v) is 7.23. The van der Waals surface area contributed by atoms with E-state index >= 15 is 0 Å². The molecule has 0 radical (unpaired) electrons. The van der Waals surface area contributed by atoms with Crippen molar-refractivity contribution in [3.05, 3.63) is 23.8 Å². The van der Waals surface area contributed by atoms with Gasteiger partial charge in [0.05, 0.1) is 19.3 Å². The molecule has 2 unspecified atom stereocenters. The highest BCUT2D eigenvalue weighted by molar-refractivity contribution is 7.85. The Labute approximate surface area is 169 Å². The average molecular weight is 428 g/mol. The van der Waals surface area contributed by atoms with Crippen LogP contribution in [0.3, 0.4) is 0 Å². The van der Waals surface area contributed by atoms with Crippen LogP contribution in [0, 0.1) is 11.6 Å². The van der Waals surface area contributed by atoms with E-state index in [0.29, 0.717) is 11.5 Å². The Morgan fingerprint density at radius 3 is 2.45 bits per heavy atom. The molecule has 7 nitrogen and oxygen atoms in total. The number of hydrogen-bond donors (Lipinski definition) is 0. The second-order valence-electron chi connectivity index (χ2n) is 7.55. The van der Waals surface area contributed by atoms with Gasteiger partial charge in [0.25, 0.3) is 0 Å². The summed E-state index contributed by atoms with van der Waals surface area (Å²) in [4.78, 5) is 26.3. The molecule has 3 heterocycles. The summed E-state index contributed by atoms with van der Waals surface area (Å²) in [6, 6.07) is 1.99. The van der Waals surface area contributed by atoms with Crippen molar-refractivity contribution < 1.29 is 32.1 Å². The van der Waals surface area contributed by atoms with Gasteiger partial charge in [-0.25, -0.2) is 13.6 Å². The predicted molar refractivity (Wildman–Crippen MR) is 102 cm³/mol. The molecule has 4 rings (SSSR count). The van der Waals surface area contributed by atoms with E-state index in [0.717, 1.165) is 29.9 Å². The van der Waals surface area contributed by atoms with Crippen LogP contribution in [0.1, 0.15) is 25.7 Å². The minimum absolute atomic E-state index is 0.0715. The highest BCUT2D eigenvalue weighted by Gasteiger charge is 2.42. The molecular weight excluding hydrogens is 406 g/mol. The molecule has 10 heteroatoms. The van der Waals surface area contributed by atoms with E-state index < -0.39 is 40.6 Å². The van der Waals surface area contributed by atoms with Gasteiger partial charge in [-0.2, -0.15) is 0 Å². The van der Waals surface area contributed by atoms with Crippen molar-refractivity contribution in [1.29, 1.82) is 0 Å². The number of nitrogens with zero attached hydrogens (tertiary/aromatic N) is 2. The van der Waals surface area contributed by atoms with Gasteiger partial charge in [-0.3, -0.25) is 13.9 Å². The van der Waals surface area contributed by atoms with Crippen molar-refractivity contribution in [3.8, 4) is 0 Å². The number of ether oxygens (including phenoxy) is 2. The lowest BCUT2D eigenvalue weighted by molar-refractivity contribution is -0.141. The van der Waals surface area contributed by atoms with Crippen molar-refractivity contribution in [2.24, 2.45) is 0 Å². The predicted octanol–water partition coefficient (Wildman–Crippen LogP) is 2.34. The molecule has 29 heavy (non-hydrogen) atoms. The van der Waals surface area contributed by atoms with Crippen LogP contribution < -0.4 is 9.80 Å². The summed E-state index contributed by atoms with van der Waals surface area (Å²) < 4.78 is 51.5. The standard InChI is InChI=1S/C19H22F2N2O5S/c1-27-17(24)5-4-14-8-22(19(25)28-14)13-6-15(20)18(16(21)7-13)23-11-2-3-12(23)10-29(26)9-11/h6-7,11-12,14H,2-5,8-10H2,1H3/t11?,12?,14-,29?/m0/s1. The minimum Gasteiger partial charge on any atom is -0.469 e. The summed E-state index contributed by atoms with van der Waals surface area (Å²) in [7, 11) is 0.316. The molecule has 0 saturated carbocycles. The lowest BCUT2D eigenvalue weighted by atomic mass is 10.1. The molecule has 3 aliphatic rings. The monoisotopic (exact) mass is 428 g/mol. The zero-order chi connectivity index (χ0) is 20.7. The molecule has 1 amide bonds. The second kappa shape index (κ2) is 7.89. The summed E-state index contributed by atoms with van der Waals surface area (Å²) in [5.74, 6) is -1.10. The quantitative estimate of drug-likeness (QED) is 0.670. The van der Waals surface area contributed by atoms with E-state index in [9.17, 15) is 22.6 Å². The number of esters is 1. The first-order valence-corrected chi connectivity index (χ1v) is 11.0. The number of halogens is 2. The lowest BCUT2D eigenvalue weighted by Gasteiger charge is -2.36. The minimum atomic E-state index is -0.956. The van der Waals surface area contributed by atoms with E-state index in [2.05, 4.69) is 4.74 Å². The van der Waals surface area contributed by atoms with Crippen LogP contribution in [0.4, 0.5) is 25.0 Å². The fourth-order valence-electron chi connectivity index (χ4n) is 4.37. The van der Waals surface area contributed by atoms with Gasteiger partial charge in [0.2, 0.25) is 0 Å². The number of carbonyl (C=O) groups excluding carboxylic acids is 2. The first-order valence-electron chi connectivity index (χ1n) is 9.54. The number of fused-ring (bicyclic) bond motifs is 2. The molecule has 0 aromatic heterocycles. The maximum atomic E-state index is 14.9. The fraction of sp³-hybridized carbons (Fsp3) is 0.579. The summed E-state index contributed by atoms with van der Waals surface area (Å²) in [6.07, 6.45) is 0.615. The molecule has 158 valence electrons. The summed E-state index contributed by atoms with van der Waals surface area (Å²) in [5, 5.41) is 0. The Bertz CT molecular complexity index is 828. The average Bonchev–Trinajstić information content (AvgIpc) is 3.16. The van der Waals surface area contributed by atoms with Crippen LogP contribution in [0.2, 0.25) is 0 Å². The van der Waals surface area contributed by atoms with E-state index in [1.807, 2.05) is 0 Å². The highest BCUT2D eigenvalue weighted by Crippen LogP contribution is 2.39. The van der Waals surface area contributed by atoms with Gasteiger partial charge in [-0.15, -0.1) is 0 Å². The maximum absolute atomic E-state index is 14.9. The van der Waals surface area contributed by atoms with Gasteiger partial charge in [0.15, 0.2) is 11.6 Å². The molecule has 2 bridgehead atoms. The number of rotatable bonds is 5. The molecule has 0 spiro atoms. The number of hydrogen-bond acceptors (Lipinski definition) is 6. The zero-order valence-electron chi connectivity index (χ0n) is 15.9. The highest BCUT2D eigenvalue weighted by atomic mass is 32.2. The van der Waals surface area contributed by atoms with Crippen LogP contribution >= 0.6 is 0 Å². The molecule has 0 N–H and O–H groups in total. The number of cyclic esters (lactones) is 1. The van der Waals surface area contributed by atoms with E-state index in [4.69, 9.17) is 4.74 Å². The summed E-state index contributed by atoms with van der Waals surface area (Å²) in [6.45, 7) is 0.0992. The summed E-state index contributed by atoms with van der Waals surface area (Å²) in [5.41, 5.74) is -0.0463. The van der Waals surface area contributed by atoms with Gasteiger partial charge in [0.1, 0.15) is 11.8 Å². The van der Waals surface area contributed by atoms with Crippen LogP contribution in [-0.2, 0) is 25.1 Å². The number of amides is 1. The van der Waals surface area contributed by atoms with E-state index in [-0.39, 0.29) is 42.8 Å². The smallest absolute Gasteiger partial charge is 0.414 e. The molecule has 3 saturated heterocycles. The second-order valence-corrected chi connectivity index (χ2v) is 9.10. The molecule has 1 aromatic rings. The van der Waals surface area contributed by atoms with E-state index in [1.165, 1.54) is 7.11 Å². The van der Waals surface area contributed by atoms with Crippen molar-refractivity contribution in [2.75, 3.05) is 35.0 Å². The first-order chi connectivity index (χ1) is 13.9. The number of anilines is 2. The third kappa shape index (κ3) is 3.82. The fourth-order valence-corrected chi connectivity index (χ4v) is 6.02. The molecule has 3 aliphatic heterocycles. The van der Waals surface area contributed by atoms with Gasteiger partial charge < -0.3 is 14.4 Å². The van der Waals surface area contributed by atoms with Gasteiger partial charge in [-0.05, 0) is 19.3 Å². The Hall–Kier alpha value is -2.23. The normalized spacial score (nSPS) is 28.6. The first kappa shape index (κ1) is 20.1. The van der Waals surface area contributed by atoms with Gasteiger partial charge in [0, 0.05) is 52.9 Å². The Morgan fingerprint density at radius 2 is 1.86 bits per heavy atom. The zero-order valence-corrected chi connectivity index (χ0v) is 16.8. The van der Waals surface area contributed by atoms with Crippen LogP contribution in [0.25, 0.3) is 0 Å². The topological polar surface area (TPSA) is 76.2 Å². The maximum Gasteiger partial charge on any atom is 0.414 e. The molecule has 0 aliphatic carbocycles. The Morgan fingerprint density at radius 1 is 1.24 bits per heavy atom. The Balaban J connectivity index is 1.53. The van der Waals surface area contributed by atoms with Crippen molar-refractivity contribution in [1.82, 2.24) is 0 Å². The van der Waals surface area contributed by atoms with Crippen LogP contribution in [-0.4, -0.2) is 59.6 Å². The molecule has 1 aromatic carbocycles. The largest absolute Gasteiger partial charge is 0.469 e. The third-order valence-electron chi connectivity index (χ3n) is 5.72.